The highest BCUT2D eigenvalue weighted by atomic mass is 35.5. The van der Waals surface area contributed by atoms with Crippen molar-refractivity contribution in [2.75, 3.05) is 0 Å². The zero-order chi connectivity index (χ0) is 22.4. The van der Waals surface area contributed by atoms with Gasteiger partial charge in [0.1, 0.15) is 16.5 Å². The van der Waals surface area contributed by atoms with Crippen LogP contribution in [0.3, 0.4) is 0 Å². The van der Waals surface area contributed by atoms with E-state index in [1.807, 2.05) is 6.92 Å². The molecule has 7 nitrogen and oxygen atoms in total. The standard InChI is InChI=1S/C22H14Cl2N2O5/c1-9-3-5-12-14(7-9)26-18(16(24)19(12)27)22(30)31-20-10(2)17(21(28)29)25-15-8-11(23)4-6-13(15)20/h3-8H,1-2H3,(H,26,27)(H,28,29). The van der Waals surface area contributed by atoms with Crippen LogP contribution in [0.15, 0.2) is 41.2 Å². The summed E-state index contributed by atoms with van der Waals surface area (Å²) >= 11 is 12.2. The number of ether oxygens (including phenoxy) is 1. The molecule has 0 saturated heterocycles. The first-order valence-electron chi connectivity index (χ1n) is 9.05. The lowest BCUT2D eigenvalue weighted by Crippen LogP contribution is -2.18. The topological polar surface area (TPSA) is 109 Å². The molecule has 0 radical (unpaired) electrons. The molecule has 4 aromatic rings. The molecule has 0 atom stereocenters. The number of carboxylic acids is 1. The molecule has 2 heterocycles. The molecule has 156 valence electrons. The van der Waals surface area contributed by atoms with Crippen LogP contribution in [0.2, 0.25) is 10.0 Å². The minimum absolute atomic E-state index is 0.00896. The van der Waals surface area contributed by atoms with Crippen LogP contribution < -0.4 is 10.2 Å². The first kappa shape index (κ1) is 20.8. The second-order valence-corrected chi connectivity index (χ2v) is 7.78. The van der Waals surface area contributed by atoms with Crippen molar-refractivity contribution in [2.24, 2.45) is 0 Å². The summed E-state index contributed by atoms with van der Waals surface area (Å²) in [4.78, 5) is 44.2. The third-order valence-corrected chi connectivity index (χ3v) is 5.43. The van der Waals surface area contributed by atoms with Crippen LogP contribution in [0.25, 0.3) is 21.8 Å². The van der Waals surface area contributed by atoms with Crippen molar-refractivity contribution in [2.45, 2.75) is 13.8 Å². The maximum atomic E-state index is 13.0. The van der Waals surface area contributed by atoms with Crippen LogP contribution in [-0.4, -0.2) is 27.0 Å². The van der Waals surface area contributed by atoms with Crippen molar-refractivity contribution in [3.05, 3.63) is 79.2 Å². The highest BCUT2D eigenvalue weighted by molar-refractivity contribution is 6.34. The first-order chi connectivity index (χ1) is 14.7. The number of aromatic carboxylic acids is 1. The van der Waals surface area contributed by atoms with Crippen LogP contribution in [0, 0.1) is 13.8 Å². The number of hydrogen-bond acceptors (Lipinski definition) is 5. The number of esters is 1. The number of rotatable bonds is 3. The Morgan fingerprint density at radius 3 is 2.48 bits per heavy atom. The number of nitrogens with one attached hydrogen (secondary N) is 1. The Balaban J connectivity index is 1.89. The van der Waals surface area contributed by atoms with E-state index in [-0.39, 0.29) is 33.2 Å². The van der Waals surface area contributed by atoms with Crippen LogP contribution in [0.4, 0.5) is 0 Å². The van der Waals surface area contributed by atoms with Crippen molar-refractivity contribution in [3.8, 4) is 5.75 Å². The van der Waals surface area contributed by atoms with Gasteiger partial charge in [-0.3, -0.25) is 4.79 Å². The van der Waals surface area contributed by atoms with Crippen LogP contribution in [-0.2, 0) is 0 Å². The van der Waals surface area contributed by atoms with Crippen LogP contribution in [0.5, 0.6) is 5.75 Å². The summed E-state index contributed by atoms with van der Waals surface area (Å²) in [6, 6.07) is 9.69. The number of aromatic amines is 1. The molecule has 0 unspecified atom stereocenters. The monoisotopic (exact) mass is 456 g/mol. The molecule has 0 aliphatic carbocycles. The average Bonchev–Trinajstić information content (AvgIpc) is 2.71. The second-order valence-electron chi connectivity index (χ2n) is 6.96. The van der Waals surface area contributed by atoms with Crippen LogP contribution >= 0.6 is 23.2 Å². The summed E-state index contributed by atoms with van der Waals surface area (Å²) in [5, 5.41) is 10.2. The first-order valence-corrected chi connectivity index (χ1v) is 9.80. The summed E-state index contributed by atoms with van der Waals surface area (Å²) in [6.45, 7) is 3.32. The lowest BCUT2D eigenvalue weighted by molar-refractivity contribution is 0.0680. The van der Waals surface area contributed by atoms with Crippen LogP contribution in [0.1, 0.15) is 32.1 Å². The zero-order valence-electron chi connectivity index (χ0n) is 16.2. The number of carbonyl (C=O) groups is 2. The van der Waals surface area contributed by atoms with Gasteiger partial charge in [-0.25, -0.2) is 14.6 Å². The fraction of sp³-hybridized carbons (Fsp3) is 0.0909. The van der Waals surface area contributed by atoms with Gasteiger partial charge in [0, 0.05) is 21.4 Å². The van der Waals surface area contributed by atoms with E-state index in [4.69, 9.17) is 27.9 Å². The zero-order valence-corrected chi connectivity index (χ0v) is 17.8. The number of H-pyrrole nitrogens is 1. The van der Waals surface area contributed by atoms with Crippen molar-refractivity contribution in [1.29, 1.82) is 0 Å². The Bertz CT molecular complexity index is 1480. The Kier molecular flexibility index (Phi) is 5.16. The van der Waals surface area contributed by atoms with Crippen molar-refractivity contribution >= 4 is 56.9 Å². The van der Waals surface area contributed by atoms with Gasteiger partial charge >= 0.3 is 11.9 Å². The second kappa shape index (κ2) is 7.68. The van der Waals surface area contributed by atoms with E-state index < -0.39 is 17.4 Å². The predicted octanol–water partition coefficient (Wildman–Crippen LogP) is 4.92. The maximum absolute atomic E-state index is 13.0. The Morgan fingerprint density at radius 1 is 1.06 bits per heavy atom. The summed E-state index contributed by atoms with van der Waals surface area (Å²) in [5.41, 5.74) is 0.653. The molecule has 0 aliphatic heterocycles. The number of halogens is 2. The molecule has 0 saturated carbocycles. The van der Waals surface area contributed by atoms with E-state index in [1.54, 1.807) is 30.3 Å². The number of benzene rings is 2. The fourth-order valence-corrected chi connectivity index (χ4v) is 3.70. The number of nitrogens with zero attached hydrogens (tertiary/aromatic N) is 1. The third-order valence-electron chi connectivity index (χ3n) is 4.83. The number of aryl methyl sites for hydroxylation is 1. The number of fused-ring (bicyclic) bond motifs is 2. The lowest BCUT2D eigenvalue weighted by atomic mass is 10.1. The van der Waals surface area contributed by atoms with Crippen molar-refractivity contribution < 1.29 is 19.4 Å². The van der Waals surface area contributed by atoms with Gasteiger partial charge < -0.3 is 14.8 Å². The molecule has 9 heteroatoms. The molecule has 4 rings (SSSR count). The third kappa shape index (κ3) is 3.62. The van der Waals surface area contributed by atoms with Gasteiger partial charge in [0.05, 0.1) is 11.0 Å². The number of carbonyl (C=O) groups excluding carboxylic acids is 1. The van der Waals surface area contributed by atoms with Gasteiger partial charge in [-0.15, -0.1) is 0 Å². The SMILES string of the molecule is Cc1ccc2c(=O)c(Cl)c(C(=O)Oc3c(C)c(C(=O)O)nc4cc(Cl)ccc34)[nH]c2c1. The number of aromatic nitrogens is 2. The molecule has 31 heavy (non-hydrogen) atoms. The van der Waals surface area contributed by atoms with Gasteiger partial charge in [0.2, 0.25) is 5.43 Å². The van der Waals surface area contributed by atoms with Gasteiger partial charge in [-0.05, 0) is 49.7 Å². The van der Waals surface area contributed by atoms with Crippen molar-refractivity contribution in [1.82, 2.24) is 9.97 Å². The molecule has 0 aliphatic rings. The number of pyridine rings is 2. The number of carboxylic acid groups (broad SMARTS) is 1. The predicted molar refractivity (Wildman–Crippen MR) is 118 cm³/mol. The van der Waals surface area contributed by atoms with Gasteiger partial charge in [0.15, 0.2) is 5.69 Å². The Labute approximate surface area is 185 Å². The summed E-state index contributed by atoms with van der Waals surface area (Å²) in [7, 11) is 0. The smallest absolute Gasteiger partial charge is 0.361 e. The van der Waals surface area contributed by atoms with E-state index in [0.717, 1.165) is 5.56 Å². The Morgan fingerprint density at radius 2 is 1.77 bits per heavy atom. The van der Waals surface area contributed by atoms with Gasteiger partial charge in [0.25, 0.3) is 0 Å². The Hall–Kier alpha value is -3.42. The van der Waals surface area contributed by atoms with Gasteiger partial charge in [-0.2, -0.15) is 0 Å². The van der Waals surface area contributed by atoms with E-state index >= 15 is 0 Å². The molecule has 0 amide bonds. The van der Waals surface area contributed by atoms with E-state index in [2.05, 4.69) is 9.97 Å². The van der Waals surface area contributed by atoms with E-state index in [9.17, 15) is 19.5 Å². The largest absolute Gasteiger partial charge is 0.476 e. The van der Waals surface area contributed by atoms with Gasteiger partial charge in [-0.1, -0.05) is 29.3 Å². The highest BCUT2D eigenvalue weighted by Crippen LogP contribution is 2.33. The molecule has 0 bridgehead atoms. The molecule has 2 aromatic carbocycles. The molecule has 0 spiro atoms. The normalized spacial score (nSPS) is 11.1. The minimum Gasteiger partial charge on any atom is -0.476 e. The quantitative estimate of drug-likeness (QED) is 0.423. The summed E-state index contributed by atoms with van der Waals surface area (Å²) in [5.74, 6) is -2.23. The molecule has 0 fully saturated rings. The minimum atomic E-state index is -1.29. The maximum Gasteiger partial charge on any atom is 0.361 e. The molecular weight excluding hydrogens is 443 g/mol. The van der Waals surface area contributed by atoms with Crippen molar-refractivity contribution in [3.63, 3.8) is 0 Å². The van der Waals surface area contributed by atoms with E-state index in [1.165, 1.54) is 13.0 Å². The molecule has 2 aromatic heterocycles. The molecular formula is C22H14Cl2N2O5. The highest BCUT2D eigenvalue weighted by Gasteiger charge is 2.24. The fourth-order valence-electron chi connectivity index (χ4n) is 3.31. The lowest BCUT2D eigenvalue weighted by Gasteiger charge is -2.14. The average molecular weight is 457 g/mol. The van der Waals surface area contributed by atoms with E-state index in [0.29, 0.717) is 21.3 Å². The summed E-state index contributed by atoms with van der Waals surface area (Å²) < 4.78 is 5.55. The molecule has 2 N–H and O–H groups in total. The summed E-state index contributed by atoms with van der Waals surface area (Å²) in [6.07, 6.45) is 0. The number of hydrogen-bond donors (Lipinski definition) is 2.